The van der Waals surface area contributed by atoms with Crippen molar-refractivity contribution < 1.29 is 4.79 Å². The summed E-state index contributed by atoms with van der Waals surface area (Å²) >= 11 is 1.61. The molecule has 0 bridgehead atoms. The number of piperazine rings is 1. The minimum Gasteiger partial charge on any atom is -0.369 e. The number of hydrogen-bond donors (Lipinski definition) is 1. The van der Waals surface area contributed by atoms with Crippen LogP contribution in [0.15, 0.2) is 24.3 Å². The van der Waals surface area contributed by atoms with Crippen LogP contribution in [0.5, 0.6) is 0 Å². The Hall–Kier alpha value is -2.36. The highest BCUT2D eigenvalue weighted by molar-refractivity contribution is 7.16. The second-order valence-corrected chi connectivity index (χ2v) is 11.3. The van der Waals surface area contributed by atoms with Crippen LogP contribution in [0.1, 0.15) is 48.8 Å². The number of fused-ring (bicyclic) bond motifs is 1. The first-order valence-electron chi connectivity index (χ1n) is 11.6. The van der Waals surface area contributed by atoms with Gasteiger partial charge < -0.3 is 10.2 Å². The SMILES string of the molecule is Cc1ccccc1N1CCN(CC(=O)Nc2sc3c(c2C#N)CCC(C(C)(C)C)C3)CC1. The van der Waals surface area contributed by atoms with Gasteiger partial charge in [-0.15, -0.1) is 11.3 Å². The zero-order chi connectivity index (χ0) is 22.9. The first-order chi connectivity index (χ1) is 15.3. The van der Waals surface area contributed by atoms with Crippen LogP contribution in [0.4, 0.5) is 10.7 Å². The number of carbonyl (C=O) groups excluding carboxylic acids is 1. The van der Waals surface area contributed by atoms with E-state index in [0.717, 1.165) is 50.4 Å². The number of nitrogens with one attached hydrogen (secondary N) is 1. The van der Waals surface area contributed by atoms with Gasteiger partial charge in [-0.1, -0.05) is 39.0 Å². The van der Waals surface area contributed by atoms with E-state index < -0.39 is 0 Å². The van der Waals surface area contributed by atoms with Gasteiger partial charge in [0.15, 0.2) is 0 Å². The number of nitriles is 1. The highest BCUT2D eigenvalue weighted by atomic mass is 32.1. The van der Waals surface area contributed by atoms with Crippen molar-refractivity contribution in [3.8, 4) is 6.07 Å². The van der Waals surface area contributed by atoms with E-state index in [1.807, 2.05) is 0 Å². The van der Waals surface area contributed by atoms with E-state index in [-0.39, 0.29) is 11.3 Å². The maximum atomic E-state index is 12.8. The Balaban J connectivity index is 1.36. The molecule has 4 rings (SSSR count). The van der Waals surface area contributed by atoms with Gasteiger partial charge >= 0.3 is 0 Å². The quantitative estimate of drug-likeness (QED) is 0.724. The van der Waals surface area contributed by atoms with Crippen molar-refractivity contribution in [2.75, 3.05) is 42.9 Å². The van der Waals surface area contributed by atoms with Crippen molar-refractivity contribution in [3.63, 3.8) is 0 Å². The number of hydrogen-bond acceptors (Lipinski definition) is 5. The van der Waals surface area contributed by atoms with Crippen LogP contribution in [0, 0.1) is 29.6 Å². The molecular formula is C26H34N4OS. The van der Waals surface area contributed by atoms with Gasteiger partial charge in [0, 0.05) is 36.7 Å². The number of nitrogens with zero attached hydrogens (tertiary/aromatic N) is 3. The van der Waals surface area contributed by atoms with Crippen LogP contribution >= 0.6 is 11.3 Å². The summed E-state index contributed by atoms with van der Waals surface area (Å²) in [6.45, 7) is 13.0. The highest BCUT2D eigenvalue weighted by Gasteiger charge is 2.32. The van der Waals surface area contributed by atoms with Crippen LogP contribution in [0.3, 0.4) is 0 Å². The number of rotatable bonds is 4. The van der Waals surface area contributed by atoms with Gasteiger partial charge in [0.1, 0.15) is 11.1 Å². The van der Waals surface area contributed by atoms with Gasteiger partial charge in [-0.2, -0.15) is 5.26 Å². The number of thiophene rings is 1. The smallest absolute Gasteiger partial charge is 0.239 e. The monoisotopic (exact) mass is 450 g/mol. The van der Waals surface area contributed by atoms with Gasteiger partial charge in [-0.3, -0.25) is 9.69 Å². The van der Waals surface area contributed by atoms with Crippen molar-refractivity contribution in [2.45, 2.75) is 47.0 Å². The number of benzene rings is 1. The summed E-state index contributed by atoms with van der Waals surface area (Å²) in [5.74, 6) is 0.602. The van der Waals surface area contributed by atoms with Crippen LogP contribution in [-0.2, 0) is 17.6 Å². The van der Waals surface area contributed by atoms with Crippen LogP contribution < -0.4 is 10.2 Å². The van der Waals surface area contributed by atoms with E-state index in [1.54, 1.807) is 11.3 Å². The lowest BCUT2D eigenvalue weighted by molar-refractivity contribution is -0.117. The third-order valence-corrected chi connectivity index (χ3v) is 8.22. The van der Waals surface area contributed by atoms with Crippen molar-refractivity contribution >= 4 is 27.9 Å². The van der Waals surface area contributed by atoms with Crippen LogP contribution in [0.25, 0.3) is 0 Å². The standard InChI is InChI=1S/C26H34N4OS/c1-18-7-5-6-8-22(18)30-13-11-29(12-14-30)17-24(31)28-25-21(16-27)20-10-9-19(26(2,3)4)15-23(20)32-25/h5-8,19H,9-15,17H2,1-4H3,(H,28,31). The lowest BCUT2D eigenvalue weighted by atomic mass is 9.72. The zero-order valence-corrected chi connectivity index (χ0v) is 20.5. The summed E-state index contributed by atoms with van der Waals surface area (Å²) in [6.07, 6.45) is 3.06. The minimum atomic E-state index is -0.0168. The molecule has 1 N–H and O–H groups in total. The average molecular weight is 451 g/mol. The van der Waals surface area contributed by atoms with Gasteiger partial charge in [0.05, 0.1) is 12.1 Å². The average Bonchev–Trinajstić information content (AvgIpc) is 3.10. The molecule has 1 aromatic heterocycles. The number of amides is 1. The van der Waals surface area contributed by atoms with Crippen molar-refractivity contribution in [3.05, 3.63) is 45.8 Å². The molecule has 1 fully saturated rings. The van der Waals surface area contributed by atoms with Crippen LogP contribution in [0.2, 0.25) is 0 Å². The predicted molar refractivity (Wildman–Crippen MR) is 132 cm³/mol. The summed E-state index contributed by atoms with van der Waals surface area (Å²) in [6, 6.07) is 10.8. The molecule has 0 saturated carbocycles. The van der Waals surface area contributed by atoms with E-state index in [9.17, 15) is 10.1 Å². The van der Waals surface area contributed by atoms with Crippen molar-refractivity contribution in [2.24, 2.45) is 11.3 Å². The summed E-state index contributed by atoms with van der Waals surface area (Å²) in [4.78, 5) is 18.7. The molecule has 1 aliphatic carbocycles. The largest absolute Gasteiger partial charge is 0.369 e. The predicted octanol–water partition coefficient (Wildman–Crippen LogP) is 4.84. The third kappa shape index (κ3) is 4.84. The topological polar surface area (TPSA) is 59.4 Å². The van der Waals surface area contributed by atoms with E-state index in [1.165, 1.54) is 21.7 Å². The molecule has 1 amide bonds. The number of carbonyl (C=O) groups is 1. The minimum absolute atomic E-state index is 0.0168. The van der Waals surface area contributed by atoms with Gasteiger partial charge in [-0.05, 0) is 54.7 Å². The molecule has 1 saturated heterocycles. The first kappa shape index (κ1) is 22.8. The van der Waals surface area contributed by atoms with E-state index in [2.05, 4.69) is 73.1 Å². The molecule has 1 aliphatic heterocycles. The molecule has 1 atom stereocenters. The maximum Gasteiger partial charge on any atom is 0.239 e. The Morgan fingerprint density at radius 1 is 1.22 bits per heavy atom. The van der Waals surface area contributed by atoms with Gasteiger partial charge in [0.25, 0.3) is 0 Å². The second-order valence-electron chi connectivity index (χ2n) is 10.2. The number of aryl methyl sites for hydroxylation is 1. The normalized spacial score (nSPS) is 19.3. The molecule has 2 aromatic rings. The second kappa shape index (κ2) is 9.25. The fourth-order valence-corrected chi connectivity index (χ4v) is 6.26. The molecule has 32 heavy (non-hydrogen) atoms. The van der Waals surface area contributed by atoms with E-state index >= 15 is 0 Å². The molecular weight excluding hydrogens is 416 g/mol. The fourth-order valence-electron chi connectivity index (χ4n) is 4.97. The Bertz CT molecular complexity index is 1020. The van der Waals surface area contributed by atoms with Gasteiger partial charge in [0.2, 0.25) is 5.91 Å². The number of para-hydroxylation sites is 1. The Morgan fingerprint density at radius 3 is 2.59 bits per heavy atom. The van der Waals surface area contributed by atoms with Crippen molar-refractivity contribution in [1.82, 2.24) is 4.90 Å². The molecule has 2 aliphatic rings. The molecule has 2 heterocycles. The summed E-state index contributed by atoms with van der Waals surface area (Å²) in [5, 5.41) is 13.6. The van der Waals surface area contributed by atoms with Crippen molar-refractivity contribution in [1.29, 1.82) is 5.26 Å². The maximum absolute atomic E-state index is 12.8. The van der Waals surface area contributed by atoms with Gasteiger partial charge in [-0.25, -0.2) is 0 Å². The molecule has 0 radical (unpaired) electrons. The Morgan fingerprint density at radius 2 is 1.94 bits per heavy atom. The molecule has 1 aromatic carbocycles. The molecule has 170 valence electrons. The Labute approximate surface area is 196 Å². The fraction of sp³-hybridized carbons (Fsp3) is 0.538. The summed E-state index contributed by atoms with van der Waals surface area (Å²) < 4.78 is 0. The third-order valence-electron chi connectivity index (χ3n) is 7.05. The van der Waals surface area contributed by atoms with E-state index in [4.69, 9.17) is 0 Å². The molecule has 0 spiro atoms. The Kier molecular flexibility index (Phi) is 6.60. The lowest BCUT2D eigenvalue weighted by Gasteiger charge is -2.36. The first-order valence-corrected chi connectivity index (χ1v) is 12.5. The molecule has 1 unspecified atom stereocenters. The summed E-state index contributed by atoms with van der Waals surface area (Å²) in [7, 11) is 0. The highest BCUT2D eigenvalue weighted by Crippen LogP contribution is 2.44. The van der Waals surface area contributed by atoms with Crippen LogP contribution in [-0.4, -0.2) is 43.5 Å². The molecule has 5 nitrogen and oxygen atoms in total. The summed E-state index contributed by atoms with van der Waals surface area (Å²) in [5.41, 5.74) is 4.69. The lowest BCUT2D eigenvalue weighted by Crippen LogP contribution is -2.48. The molecule has 6 heteroatoms. The zero-order valence-electron chi connectivity index (χ0n) is 19.7. The van der Waals surface area contributed by atoms with E-state index in [0.29, 0.717) is 18.0 Å². The number of anilines is 2.